The van der Waals surface area contributed by atoms with E-state index in [9.17, 15) is 19.2 Å². The summed E-state index contributed by atoms with van der Waals surface area (Å²) < 4.78 is 0. The summed E-state index contributed by atoms with van der Waals surface area (Å²) in [7, 11) is 1.50. The normalized spacial score (nSPS) is 29.3. The van der Waals surface area contributed by atoms with Gasteiger partial charge in [-0.15, -0.1) is 0 Å². The monoisotopic (exact) mass is 422 g/mol. The highest BCUT2D eigenvalue weighted by Crippen LogP contribution is 2.67. The van der Waals surface area contributed by atoms with Crippen LogP contribution in [0.2, 0.25) is 0 Å². The molecule has 1 saturated heterocycles. The molecule has 0 aromatic carbocycles. The van der Waals surface area contributed by atoms with Crippen molar-refractivity contribution in [2.24, 2.45) is 22.7 Å². The average Bonchev–Trinajstić information content (AvgIpc) is 2.92. The standard InChI is InChI=1S/C21H22N6O4/c1-20(18(30)26(3)14-6-4-11(22)8-24-14)13(10-28)21(2)16(20)17(29)27(19(21)31)15-7-5-12(23)9-25-15/h4-10,13,16H,22-23H2,1-3H3. The summed E-state index contributed by atoms with van der Waals surface area (Å²) in [5, 5.41) is 0. The number of carbonyl (C=O) groups excluding carboxylic acids is 4. The van der Waals surface area contributed by atoms with E-state index in [4.69, 9.17) is 11.5 Å². The van der Waals surface area contributed by atoms with Gasteiger partial charge in [-0.2, -0.15) is 0 Å². The number of pyridine rings is 2. The van der Waals surface area contributed by atoms with Gasteiger partial charge >= 0.3 is 0 Å². The van der Waals surface area contributed by atoms with Crippen LogP contribution < -0.4 is 21.3 Å². The van der Waals surface area contributed by atoms with Crippen LogP contribution in [0.3, 0.4) is 0 Å². The molecular formula is C21H22N6O4. The van der Waals surface area contributed by atoms with Gasteiger partial charge in [-0.3, -0.25) is 19.3 Å². The van der Waals surface area contributed by atoms with Crippen LogP contribution in [0.1, 0.15) is 13.8 Å². The number of anilines is 4. The number of imide groups is 1. The van der Waals surface area contributed by atoms with E-state index in [2.05, 4.69) is 9.97 Å². The van der Waals surface area contributed by atoms with Crippen molar-refractivity contribution < 1.29 is 19.2 Å². The number of nitrogens with two attached hydrogens (primary N) is 2. The number of aldehydes is 1. The van der Waals surface area contributed by atoms with Crippen LogP contribution in [0, 0.1) is 22.7 Å². The Bertz CT molecular complexity index is 1100. The third kappa shape index (κ3) is 2.50. The highest BCUT2D eigenvalue weighted by Gasteiger charge is 2.80. The van der Waals surface area contributed by atoms with Crippen LogP contribution in [0.15, 0.2) is 36.7 Å². The Hall–Kier alpha value is -3.82. The molecule has 0 radical (unpaired) electrons. The van der Waals surface area contributed by atoms with Crippen molar-refractivity contribution in [3.63, 3.8) is 0 Å². The van der Waals surface area contributed by atoms with Crippen LogP contribution in [0.4, 0.5) is 23.0 Å². The lowest BCUT2D eigenvalue weighted by molar-refractivity contribution is -0.185. The fourth-order valence-corrected chi connectivity index (χ4v) is 5.10. The van der Waals surface area contributed by atoms with Crippen LogP contribution in [-0.2, 0) is 19.2 Å². The first-order valence-electron chi connectivity index (χ1n) is 9.63. The molecule has 4 unspecified atom stereocenters. The summed E-state index contributed by atoms with van der Waals surface area (Å²) in [6.45, 7) is 3.09. The molecule has 0 bridgehead atoms. The molecule has 160 valence electrons. The molecule has 4 atom stereocenters. The predicted octanol–water partition coefficient (Wildman–Crippen LogP) is 0.635. The Kier molecular flexibility index (Phi) is 4.35. The first-order valence-corrected chi connectivity index (χ1v) is 9.63. The Morgan fingerprint density at radius 3 is 2.23 bits per heavy atom. The van der Waals surface area contributed by atoms with Crippen LogP contribution in [0.5, 0.6) is 0 Å². The van der Waals surface area contributed by atoms with E-state index in [1.807, 2.05) is 0 Å². The molecule has 2 fully saturated rings. The maximum atomic E-state index is 13.5. The van der Waals surface area contributed by atoms with Gasteiger partial charge in [0.25, 0.3) is 0 Å². The minimum absolute atomic E-state index is 0.104. The van der Waals surface area contributed by atoms with E-state index in [0.29, 0.717) is 23.5 Å². The smallest absolute Gasteiger partial charge is 0.242 e. The first-order chi connectivity index (χ1) is 14.6. The highest BCUT2D eigenvalue weighted by molar-refractivity contribution is 6.27. The Labute approximate surface area is 178 Å². The van der Waals surface area contributed by atoms with Gasteiger partial charge in [-0.05, 0) is 38.1 Å². The third-order valence-corrected chi connectivity index (χ3v) is 6.64. The molecule has 10 nitrogen and oxygen atoms in total. The maximum absolute atomic E-state index is 13.5. The molecule has 4 N–H and O–H groups in total. The van der Waals surface area contributed by atoms with Crippen molar-refractivity contribution in [3.05, 3.63) is 36.7 Å². The van der Waals surface area contributed by atoms with Crippen molar-refractivity contribution in [2.45, 2.75) is 13.8 Å². The van der Waals surface area contributed by atoms with E-state index in [-0.39, 0.29) is 5.82 Å². The summed E-state index contributed by atoms with van der Waals surface area (Å²) in [5.74, 6) is -3.22. The SMILES string of the molecule is CN(C(=O)C1(C)C(C=O)C2(C)C(=O)N(c3ccc(N)cn3)C(=O)C12)c1ccc(N)cn1. The highest BCUT2D eigenvalue weighted by atomic mass is 16.2. The van der Waals surface area contributed by atoms with E-state index >= 15 is 0 Å². The summed E-state index contributed by atoms with van der Waals surface area (Å²) in [5.41, 5.74) is 9.34. The minimum atomic E-state index is -1.43. The lowest BCUT2D eigenvalue weighted by atomic mass is 9.40. The van der Waals surface area contributed by atoms with Crippen LogP contribution in [-0.4, -0.2) is 41.0 Å². The number of amides is 3. The van der Waals surface area contributed by atoms with Gasteiger partial charge in [-0.25, -0.2) is 14.9 Å². The van der Waals surface area contributed by atoms with E-state index in [1.54, 1.807) is 26.0 Å². The zero-order valence-corrected chi connectivity index (χ0v) is 17.3. The molecule has 2 aliphatic rings. The van der Waals surface area contributed by atoms with Gasteiger partial charge in [0.1, 0.15) is 17.9 Å². The van der Waals surface area contributed by atoms with E-state index in [0.717, 1.165) is 4.90 Å². The molecule has 4 rings (SSSR count). The number of hydrogen-bond acceptors (Lipinski definition) is 8. The van der Waals surface area contributed by atoms with Crippen LogP contribution in [0.25, 0.3) is 0 Å². The second-order valence-corrected chi connectivity index (χ2v) is 8.35. The van der Waals surface area contributed by atoms with Crippen molar-refractivity contribution >= 4 is 47.0 Å². The average molecular weight is 422 g/mol. The van der Waals surface area contributed by atoms with Gasteiger partial charge in [-0.1, -0.05) is 0 Å². The number of carbonyl (C=O) groups is 4. The summed E-state index contributed by atoms with van der Waals surface area (Å²) in [6.07, 6.45) is 3.33. The van der Waals surface area contributed by atoms with Gasteiger partial charge in [0.15, 0.2) is 0 Å². The molecular weight excluding hydrogens is 400 g/mol. The van der Waals surface area contributed by atoms with Gasteiger partial charge in [0, 0.05) is 13.0 Å². The Morgan fingerprint density at radius 1 is 1.10 bits per heavy atom. The number of fused-ring (bicyclic) bond motifs is 1. The lowest BCUT2D eigenvalue weighted by Gasteiger charge is -2.57. The molecule has 31 heavy (non-hydrogen) atoms. The molecule has 10 heteroatoms. The first kappa shape index (κ1) is 20.5. The quantitative estimate of drug-likeness (QED) is 0.537. The van der Waals surface area contributed by atoms with Gasteiger partial charge < -0.3 is 16.3 Å². The van der Waals surface area contributed by atoms with Crippen molar-refractivity contribution in [1.82, 2.24) is 9.97 Å². The molecule has 2 aromatic rings. The maximum Gasteiger partial charge on any atom is 0.242 e. The lowest BCUT2D eigenvalue weighted by Crippen LogP contribution is -2.69. The minimum Gasteiger partial charge on any atom is -0.397 e. The fraction of sp³-hybridized carbons (Fsp3) is 0.333. The number of nitrogen functional groups attached to an aromatic ring is 2. The van der Waals surface area contributed by atoms with Crippen molar-refractivity contribution in [1.29, 1.82) is 0 Å². The largest absolute Gasteiger partial charge is 0.397 e. The summed E-state index contributed by atoms with van der Waals surface area (Å²) >= 11 is 0. The van der Waals surface area contributed by atoms with E-state index in [1.165, 1.54) is 36.5 Å². The van der Waals surface area contributed by atoms with Gasteiger partial charge in [0.2, 0.25) is 17.7 Å². The zero-order chi connectivity index (χ0) is 22.7. The summed E-state index contributed by atoms with van der Waals surface area (Å²) in [4.78, 5) is 62.7. The number of nitrogens with zero attached hydrogens (tertiary/aromatic N) is 4. The fourth-order valence-electron chi connectivity index (χ4n) is 5.10. The second-order valence-electron chi connectivity index (χ2n) is 8.35. The number of hydrogen-bond donors (Lipinski definition) is 2. The molecule has 1 saturated carbocycles. The van der Waals surface area contributed by atoms with Gasteiger partial charge in [0.05, 0.1) is 40.5 Å². The Morgan fingerprint density at radius 2 is 1.71 bits per heavy atom. The second kappa shape index (κ2) is 6.59. The molecule has 0 spiro atoms. The number of aromatic nitrogens is 2. The van der Waals surface area contributed by atoms with Crippen LogP contribution >= 0.6 is 0 Å². The Balaban J connectivity index is 1.74. The third-order valence-electron chi connectivity index (χ3n) is 6.64. The topological polar surface area (TPSA) is 153 Å². The van der Waals surface area contributed by atoms with Crippen molar-refractivity contribution in [2.75, 3.05) is 28.3 Å². The zero-order valence-electron chi connectivity index (χ0n) is 17.3. The molecule has 3 amide bonds. The molecule has 1 aliphatic carbocycles. The van der Waals surface area contributed by atoms with Crippen molar-refractivity contribution in [3.8, 4) is 0 Å². The molecule has 3 heterocycles. The molecule has 2 aromatic heterocycles. The number of rotatable bonds is 4. The molecule has 1 aliphatic heterocycles. The summed E-state index contributed by atoms with van der Waals surface area (Å²) in [6, 6.07) is 6.14. The van der Waals surface area contributed by atoms with E-state index < -0.39 is 40.4 Å². The predicted molar refractivity (Wildman–Crippen MR) is 112 cm³/mol.